The molecule has 94 valence electrons. The average Bonchev–Trinajstić information content (AvgIpc) is 2.26. The average molecular weight is 263 g/mol. The minimum Gasteiger partial charge on any atom is -0.350 e. The van der Waals surface area contributed by atoms with Crippen molar-refractivity contribution in [2.24, 2.45) is 23.2 Å². The molecule has 1 heterocycles. The van der Waals surface area contributed by atoms with E-state index in [0.29, 0.717) is 10.0 Å². The number of rotatable bonds is 2. The Morgan fingerprint density at radius 3 is 2.12 bits per heavy atom. The van der Waals surface area contributed by atoms with Crippen LogP contribution in [0.3, 0.4) is 0 Å². The molecule has 1 aromatic rings. The molecule has 17 heavy (non-hydrogen) atoms. The predicted molar refractivity (Wildman–Crippen MR) is 61.8 cm³/mol. The quantitative estimate of drug-likeness (QED) is 0.284. The van der Waals surface area contributed by atoms with Crippen LogP contribution in [0.1, 0.15) is 0 Å². The Kier molecular flexibility index (Phi) is 5.05. The summed E-state index contributed by atoms with van der Waals surface area (Å²) >= 11 is 0. The lowest BCUT2D eigenvalue weighted by Gasteiger charge is -2.20. The maximum atomic E-state index is 10.8. The zero-order valence-corrected chi connectivity index (χ0v) is 9.29. The summed E-state index contributed by atoms with van der Waals surface area (Å²) in [7, 11) is 0. The SMILES string of the molecule is Cl.NC(=O)N(N)c1cncnc1N(N)C(N)=O. The van der Waals surface area contributed by atoms with E-state index in [4.69, 9.17) is 23.2 Å². The molecule has 0 spiro atoms. The van der Waals surface area contributed by atoms with Crippen molar-refractivity contribution < 1.29 is 9.59 Å². The van der Waals surface area contributed by atoms with Crippen LogP contribution in [0.15, 0.2) is 12.5 Å². The monoisotopic (exact) mass is 262 g/mol. The second-order valence-electron chi connectivity index (χ2n) is 2.65. The summed E-state index contributed by atoms with van der Waals surface area (Å²) in [5.41, 5.74) is 9.84. The summed E-state index contributed by atoms with van der Waals surface area (Å²) in [5, 5.41) is 1.05. The van der Waals surface area contributed by atoms with E-state index in [9.17, 15) is 9.59 Å². The number of hydrogen-bond donors (Lipinski definition) is 4. The number of urea groups is 2. The van der Waals surface area contributed by atoms with Crippen molar-refractivity contribution in [3.05, 3.63) is 12.5 Å². The fourth-order valence-electron chi connectivity index (χ4n) is 0.894. The summed E-state index contributed by atoms with van der Waals surface area (Å²) in [6.45, 7) is 0. The zero-order chi connectivity index (χ0) is 12.3. The molecule has 0 aliphatic carbocycles. The van der Waals surface area contributed by atoms with Gasteiger partial charge in [0.15, 0.2) is 5.82 Å². The van der Waals surface area contributed by atoms with Crippen molar-refractivity contribution in [1.29, 1.82) is 0 Å². The molecule has 0 aromatic carbocycles. The van der Waals surface area contributed by atoms with Gasteiger partial charge in [0.05, 0.1) is 6.20 Å². The molecular formula is C6H11ClN8O2. The second-order valence-corrected chi connectivity index (χ2v) is 2.65. The third kappa shape index (κ3) is 3.14. The van der Waals surface area contributed by atoms with Gasteiger partial charge in [0, 0.05) is 0 Å². The van der Waals surface area contributed by atoms with Crippen LogP contribution in [0.25, 0.3) is 0 Å². The molecule has 0 aliphatic rings. The summed E-state index contributed by atoms with van der Waals surface area (Å²) < 4.78 is 0. The van der Waals surface area contributed by atoms with Gasteiger partial charge in [-0.3, -0.25) is 0 Å². The highest BCUT2D eigenvalue weighted by atomic mass is 35.5. The normalized spacial score (nSPS) is 9.06. The summed E-state index contributed by atoms with van der Waals surface area (Å²) in [5.74, 6) is 10.5. The number of carbonyl (C=O) groups excluding carboxylic acids is 2. The molecule has 4 amide bonds. The molecule has 1 aromatic heterocycles. The van der Waals surface area contributed by atoms with E-state index in [2.05, 4.69) is 9.97 Å². The fraction of sp³-hybridized carbons (Fsp3) is 0. The minimum absolute atomic E-state index is 0. The number of nitrogens with zero attached hydrogens (tertiary/aromatic N) is 4. The molecule has 0 fully saturated rings. The highest BCUT2D eigenvalue weighted by Crippen LogP contribution is 2.21. The van der Waals surface area contributed by atoms with Crippen molar-refractivity contribution in [3.8, 4) is 0 Å². The van der Waals surface area contributed by atoms with Crippen LogP contribution in [0.5, 0.6) is 0 Å². The van der Waals surface area contributed by atoms with Crippen LogP contribution in [0.2, 0.25) is 0 Å². The van der Waals surface area contributed by atoms with Crippen molar-refractivity contribution in [2.45, 2.75) is 0 Å². The van der Waals surface area contributed by atoms with Gasteiger partial charge in [0.25, 0.3) is 0 Å². The number of hydrazine groups is 2. The highest BCUT2D eigenvalue weighted by Gasteiger charge is 2.19. The molecule has 0 saturated carbocycles. The first-order valence-corrected chi connectivity index (χ1v) is 3.93. The number of aromatic nitrogens is 2. The third-order valence-electron chi connectivity index (χ3n) is 1.64. The molecule has 0 bridgehead atoms. The van der Waals surface area contributed by atoms with Gasteiger partial charge < -0.3 is 11.5 Å². The van der Waals surface area contributed by atoms with Crippen molar-refractivity contribution in [3.63, 3.8) is 0 Å². The van der Waals surface area contributed by atoms with Gasteiger partial charge in [-0.25, -0.2) is 41.3 Å². The maximum absolute atomic E-state index is 10.8. The Balaban J connectivity index is 0.00000256. The molecular weight excluding hydrogens is 252 g/mol. The minimum atomic E-state index is -0.974. The van der Waals surface area contributed by atoms with E-state index in [1.807, 2.05) is 0 Å². The molecule has 0 saturated heterocycles. The fourth-order valence-corrected chi connectivity index (χ4v) is 0.894. The summed E-state index contributed by atoms with van der Waals surface area (Å²) in [6, 6.07) is -1.94. The first kappa shape index (κ1) is 14.8. The van der Waals surface area contributed by atoms with Crippen molar-refractivity contribution in [2.75, 3.05) is 10.0 Å². The molecule has 0 unspecified atom stereocenters. The second kappa shape index (κ2) is 5.79. The van der Waals surface area contributed by atoms with E-state index in [1.165, 1.54) is 0 Å². The number of amides is 4. The Bertz CT molecular complexity index is 387. The number of nitrogens with two attached hydrogens (primary N) is 4. The van der Waals surface area contributed by atoms with Crippen molar-refractivity contribution in [1.82, 2.24) is 9.97 Å². The Morgan fingerprint density at radius 2 is 1.65 bits per heavy atom. The van der Waals surface area contributed by atoms with Crippen molar-refractivity contribution >= 4 is 36.0 Å². The van der Waals surface area contributed by atoms with Crippen LogP contribution >= 0.6 is 12.4 Å². The van der Waals surface area contributed by atoms with E-state index in [0.717, 1.165) is 12.5 Å². The first-order chi connectivity index (χ1) is 7.45. The maximum Gasteiger partial charge on any atom is 0.335 e. The standard InChI is InChI=1S/C6H10N8O2.ClH/c7-5(15)13(9)3-1-11-2-12-4(3)14(10)6(8)16;/h1-2H,9-10H2,(H2,7,15)(H2,8,16);1H. The van der Waals surface area contributed by atoms with Crippen LogP contribution < -0.4 is 33.2 Å². The Morgan fingerprint density at radius 1 is 1.12 bits per heavy atom. The summed E-state index contributed by atoms with van der Waals surface area (Å²) in [6.07, 6.45) is 2.27. The Labute approximate surface area is 102 Å². The smallest absolute Gasteiger partial charge is 0.335 e. The van der Waals surface area contributed by atoms with Crippen LogP contribution in [-0.4, -0.2) is 22.0 Å². The van der Waals surface area contributed by atoms with Gasteiger partial charge in [-0.15, -0.1) is 12.4 Å². The molecule has 0 aliphatic heterocycles. The number of anilines is 2. The van der Waals surface area contributed by atoms with Crippen LogP contribution in [0, 0.1) is 0 Å². The largest absolute Gasteiger partial charge is 0.350 e. The zero-order valence-electron chi connectivity index (χ0n) is 8.48. The number of halogens is 1. The number of primary amides is 2. The predicted octanol–water partition coefficient (Wildman–Crippen LogP) is -1.58. The molecule has 11 heteroatoms. The highest BCUT2D eigenvalue weighted by molar-refractivity contribution is 5.97. The Hall–Kier alpha value is -2.17. The topological polar surface area (TPSA) is 170 Å². The molecule has 10 nitrogen and oxygen atoms in total. The summed E-state index contributed by atoms with van der Waals surface area (Å²) in [4.78, 5) is 28.9. The van der Waals surface area contributed by atoms with Gasteiger partial charge in [-0.1, -0.05) is 0 Å². The number of hydrogen-bond acceptors (Lipinski definition) is 6. The first-order valence-electron chi connectivity index (χ1n) is 3.93. The van der Waals surface area contributed by atoms with Crippen LogP contribution in [0.4, 0.5) is 21.1 Å². The third-order valence-corrected chi connectivity index (χ3v) is 1.64. The van der Waals surface area contributed by atoms with E-state index < -0.39 is 12.1 Å². The molecule has 0 radical (unpaired) electrons. The van der Waals surface area contributed by atoms with E-state index in [-0.39, 0.29) is 23.9 Å². The number of carbonyl (C=O) groups is 2. The lowest BCUT2D eigenvalue weighted by Crippen LogP contribution is -2.46. The van der Waals surface area contributed by atoms with Gasteiger partial charge in [-0.2, -0.15) is 0 Å². The van der Waals surface area contributed by atoms with Gasteiger partial charge in [0.2, 0.25) is 0 Å². The molecule has 1 rings (SSSR count). The van der Waals surface area contributed by atoms with Gasteiger partial charge in [-0.05, 0) is 0 Å². The molecule has 0 atom stereocenters. The van der Waals surface area contributed by atoms with E-state index >= 15 is 0 Å². The lowest BCUT2D eigenvalue weighted by atomic mass is 10.4. The van der Waals surface area contributed by atoms with E-state index in [1.54, 1.807) is 0 Å². The van der Waals surface area contributed by atoms with Crippen LogP contribution in [-0.2, 0) is 0 Å². The lowest BCUT2D eigenvalue weighted by molar-refractivity contribution is 0.252. The van der Waals surface area contributed by atoms with Gasteiger partial charge >= 0.3 is 12.1 Å². The molecule has 8 N–H and O–H groups in total. The van der Waals surface area contributed by atoms with Gasteiger partial charge in [0.1, 0.15) is 12.0 Å².